The van der Waals surface area contributed by atoms with Crippen molar-refractivity contribution in [3.05, 3.63) is 36.3 Å². The van der Waals surface area contributed by atoms with E-state index >= 15 is 0 Å². The Balaban J connectivity index is 0.00000261. The second-order valence-electron chi connectivity index (χ2n) is 7.02. The van der Waals surface area contributed by atoms with Gasteiger partial charge < -0.3 is 19.9 Å². The first-order valence-electron chi connectivity index (χ1n) is 9.25. The van der Waals surface area contributed by atoms with Crippen molar-refractivity contribution in [2.45, 2.75) is 32.7 Å². The van der Waals surface area contributed by atoms with Crippen molar-refractivity contribution in [2.24, 2.45) is 10.9 Å². The first kappa shape index (κ1) is 21.5. The maximum absolute atomic E-state index is 12.1. The number of hydrogen-bond donors (Lipinski definition) is 2. The fourth-order valence-electron chi connectivity index (χ4n) is 3.25. The molecular weight excluding hydrogens is 455 g/mol. The Labute approximate surface area is 177 Å². The van der Waals surface area contributed by atoms with Crippen LogP contribution >= 0.6 is 24.0 Å². The Morgan fingerprint density at radius 3 is 2.93 bits per heavy atom. The van der Waals surface area contributed by atoms with Crippen LogP contribution in [0.2, 0.25) is 0 Å². The lowest BCUT2D eigenvalue weighted by Gasteiger charge is -2.20. The zero-order chi connectivity index (χ0) is 18.5. The van der Waals surface area contributed by atoms with Gasteiger partial charge in [0.2, 0.25) is 5.91 Å². The number of amides is 1. The minimum absolute atomic E-state index is 0. The fraction of sp³-hybridized carbons (Fsp3) is 0.526. The summed E-state index contributed by atoms with van der Waals surface area (Å²) in [4.78, 5) is 22.9. The summed E-state index contributed by atoms with van der Waals surface area (Å²) < 4.78 is 2.03. The van der Waals surface area contributed by atoms with Crippen LogP contribution in [0.4, 0.5) is 0 Å². The largest absolute Gasteiger partial charge is 0.356 e. The highest BCUT2D eigenvalue weighted by Gasteiger charge is 2.27. The molecule has 1 aliphatic rings. The van der Waals surface area contributed by atoms with Crippen LogP contribution in [0.25, 0.3) is 5.65 Å². The second kappa shape index (κ2) is 9.91. The third-order valence-corrected chi connectivity index (χ3v) is 4.65. The predicted molar refractivity (Wildman–Crippen MR) is 119 cm³/mol. The molecule has 27 heavy (non-hydrogen) atoms. The molecule has 0 spiro atoms. The molecule has 1 unspecified atom stereocenters. The normalized spacial score (nSPS) is 17.3. The average Bonchev–Trinajstić information content (AvgIpc) is 3.26. The highest BCUT2D eigenvalue weighted by Crippen LogP contribution is 2.12. The van der Waals surface area contributed by atoms with E-state index in [9.17, 15) is 4.79 Å². The van der Waals surface area contributed by atoms with Gasteiger partial charge in [0.15, 0.2) is 5.96 Å². The summed E-state index contributed by atoms with van der Waals surface area (Å²) >= 11 is 0. The van der Waals surface area contributed by atoms with Crippen LogP contribution in [0.15, 0.2) is 35.6 Å². The number of carbonyl (C=O) groups excluding carboxylic acids is 1. The van der Waals surface area contributed by atoms with E-state index in [-0.39, 0.29) is 41.8 Å². The molecule has 1 amide bonds. The van der Waals surface area contributed by atoms with Crippen LogP contribution in [-0.4, -0.2) is 58.9 Å². The van der Waals surface area contributed by atoms with Gasteiger partial charge in [-0.05, 0) is 18.6 Å². The predicted octanol–water partition coefficient (Wildman–Crippen LogP) is 1.92. The Bertz CT molecular complexity index is 754. The van der Waals surface area contributed by atoms with E-state index in [4.69, 9.17) is 0 Å². The summed E-state index contributed by atoms with van der Waals surface area (Å²) in [7, 11) is 1.77. The SMILES string of the molecule is CN=C(NCCc1cn2ccccc2n1)NC1CCN(C(=O)C(C)C)C1.I. The number of fused-ring (bicyclic) bond motifs is 1. The minimum atomic E-state index is 0. The number of carbonyl (C=O) groups is 1. The standard InChI is InChI=1S/C19H28N6O.HI/c1-14(2)18(26)25-11-8-16(13-25)23-19(20-3)21-9-7-15-12-24-10-5-4-6-17(24)22-15;/h4-6,10,12,14,16H,7-9,11,13H2,1-3H3,(H2,20,21,23);1H. The number of pyridine rings is 1. The van der Waals surface area contributed by atoms with Crippen LogP contribution in [0.5, 0.6) is 0 Å². The Morgan fingerprint density at radius 1 is 1.41 bits per heavy atom. The van der Waals surface area contributed by atoms with Gasteiger partial charge in [0.25, 0.3) is 0 Å². The Kier molecular flexibility index (Phi) is 7.88. The summed E-state index contributed by atoms with van der Waals surface area (Å²) in [6, 6.07) is 6.24. The molecule has 3 heterocycles. The van der Waals surface area contributed by atoms with E-state index in [0.29, 0.717) is 0 Å². The third-order valence-electron chi connectivity index (χ3n) is 4.65. The van der Waals surface area contributed by atoms with E-state index in [1.807, 2.05) is 47.5 Å². The van der Waals surface area contributed by atoms with Gasteiger partial charge in [-0.2, -0.15) is 0 Å². The zero-order valence-corrected chi connectivity index (χ0v) is 18.5. The molecule has 0 radical (unpaired) electrons. The molecule has 0 saturated carbocycles. The van der Waals surface area contributed by atoms with Gasteiger partial charge in [-0.25, -0.2) is 4.98 Å². The quantitative estimate of drug-likeness (QED) is 0.387. The number of hydrogen-bond acceptors (Lipinski definition) is 3. The van der Waals surface area contributed by atoms with Crippen molar-refractivity contribution in [3.63, 3.8) is 0 Å². The van der Waals surface area contributed by atoms with Crippen molar-refractivity contribution < 1.29 is 4.79 Å². The van der Waals surface area contributed by atoms with Gasteiger partial charge in [0.1, 0.15) is 5.65 Å². The molecule has 1 aliphatic heterocycles. The number of nitrogens with one attached hydrogen (secondary N) is 2. The molecule has 2 N–H and O–H groups in total. The molecule has 2 aromatic rings. The number of nitrogens with zero attached hydrogens (tertiary/aromatic N) is 4. The summed E-state index contributed by atoms with van der Waals surface area (Å²) in [6.45, 7) is 6.20. The maximum atomic E-state index is 12.1. The Hall–Kier alpha value is -1.84. The number of aromatic nitrogens is 2. The first-order valence-corrected chi connectivity index (χ1v) is 9.25. The zero-order valence-electron chi connectivity index (χ0n) is 16.2. The summed E-state index contributed by atoms with van der Waals surface area (Å²) in [5, 5.41) is 6.76. The lowest BCUT2D eigenvalue weighted by atomic mass is 10.2. The summed E-state index contributed by atoms with van der Waals surface area (Å²) in [5.41, 5.74) is 2.01. The van der Waals surface area contributed by atoms with Gasteiger partial charge in [-0.1, -0.05) is 19.9 Å². The molecule has 0 bridgehead atoms. The van der Waals surface area contributed by atoms with Crippen molar-refractivity contribution in [2.75, 3.05) is 26.7 Å². The van der Waals surface area contributed by atoms with E-state index in [0.717, 1.165) is 49.8 Å². The highest BCUT2D eigenvalue weighted by atomic mass is 127. The number of imidazole rings is 1. The van der Waals surface area contributed by atoms with Gasteiger partial charge in [0, 0.05) is 57.5 Å². The number of aliphatic imine (C=N–C) groups is 1. The molecule has 0 aromatic carbocycles. The molecule has 2 aromatic heterocycles. The van der Waals surface area contributed by atoms with Crippen molar-refractivity contribution in [1.82, 2.24) is 24.9 Å². The van der Waals surface area contributed by atoms with E-state index in [1.54, 1.807) is 7.05 Å². The van der Waals surface area contributed by atoms with Crippen molar-refractivity contribution >= 4 is 41.5 Å². The fourth-order valence-corrected chi connectivity index (χ4v) is 3.25. The van der Waals surface area contributed by atoms with Crippen LogP contribution in [0.3, 0.4) is 0 Å². The van der Waals surface area contributed by atoms with Crippen molar-refractivity contribution in [3.8, 4) is 0 Å². The number of guanidine groups is 1. The summed E-state index contributed by atoms with van der Waals surface area (Å²) in [6.07, 6.45) is 5.83. The van der Waals surface area contributed by atoms with Crippen LogP contribution in [0.1, 0.15) is 26.0 Å². The molecule has 1 fully saturated rings. The third kappa shape index (κ3) is 5.57. The second-order valence-corrected chi connectivity index (χ2v) is 7.02. The van der Waals surface area contributed by atoms with Crippen LogP contribution in [-0.2, 0) is 11.2 Å². The van der Waals surface area contributed by atoms with E-state index in [2.05, 4.69) is 26.8 Å². The molecule has 3 rings (SSSR count). The number of likely N-dealkylation sites (tertiary alicyclic amines) is 1. The minimum Gasteiger partial charge on any atom is -0.356 e. The molecule has 8 heteroatoms. The lowest BCUT2D eigenvalue weighted by molar-refractivity contribution is -0.133. The molecule has 7 nitrogen and oxygen atoms in total. The van der Waals surface area contributed by atoms with Crippen molar-refractivity contribution in [1.29, 1.82) is 0 Å². The van der Waals surface area contributed by atoms with Gasteiger partial charge >= 0.3 is 0 Å². The monoisotopic (exact) mass is 484 g/mol. The Morgan fingerprint density at radius 2 is 2.22 bits per heavy atom. The average molecular weight is 484 g/mol. The van der Waals surface area contributed by atoms with Gasteiger partial charge in [-0.3, -0.25) is 9.79 Å². The number of halogens is 1. The molecule has 148 valence electrons. The molecule has 0 aliphatic carbocycles. The first-order chi connectivity index (χ1) is 12.6. The van der Waals surface area contributed by atoms with Crippen LogP contribution < -0.4 is 10.6 Å². The molecule has 1 saturated heterocycles. The molecule has 1 atom stereocenters. The van der Waals surface area contributed by atoms with E-state index in [1.165, 1.54) is 0 Å². The van der Waals surface area contributed by atoms with Crippen LogP contribution in [0, 0.1) is 5.92 Å². The smallest absolute Gasteiger partial charge is 0.225 e. The van der Waals surface area contributed by atoms with Gasteiger partial charge in [-0.15, -0.1) is 24.0 Å². The summed E-state index contributed by atoms with van der Waals surface area (Å²) in [5.74, 6) is 1.05. The topological polar surface area (TPSA) is 74.0 Å². The highest BCUT2D eigenvalue weighted by molar-refractivity contribution is 14.0. The number of rotatable bonds is 5. The van der Waals surface area contributed by atoms with E-state index < -0.39 is 0 Å². The lowest BCUT2D eigenvalue weighted by Crippen LogP contribution is -2.45. The maximum Gasteiger partial charge on any atom is 0.225 e. The van der Waals surface area contributed by atoms with Gasteiger partial charge in [0.05, 0.1) is 5.69 Å². The molecular formula is C19H29IN6O.